The van der Waals surface area contributed by atoms with Crippen LogP contribution >= 0.6 is 0 Å². The minimum absolute atomic E-state index is 0.289. The number of hydrazone groups is 1. The highest BCUT2D eigenvalue weighted by Gasteiger charge is 2.10. The number of furan rings is 1. The van der Waals surface area contributed by atoms with Gasteiger partial charge in [-0.05, 0) is 37.6 Å². The van der Waals surface area contributed by atoms with Gasteiger partial charge in [0.25, 0.3) is 5.91 Å². The van der Waals surface area contributed by atoms with Gasteiger partial charge in [-0.25, -0.2) is 5.43 Å². The molecule has 0 bridgehead atoms. The van der Waals surface area contributed by atoms with Crippen molar-refractivity contribution in [3.05, 3.63) is 47.4 Å². The molecule has 1 heterocycles. The molecule has 0 radical (unpaired) electrons. The highest BCUT2D eigenvalue weighted by molar-refractivity contribution is 5.96. The van der Waals surface area contributed by atoms with E-state index in [4.69, 9.17) is 13.9 Å². The Hall–Kier alpha value is -2.76. The number of aryl methyl sites for hydroxylation is 1. The van der Waals surface area contributed by atoms with Gasteiger partial charge in [0.1, 0.15) is 5.76 Å². The lowest BCUT2D eigenvalue weighted by molar-refractivity contribution is 0.0953. The van der Waals surface area contributed by atoms with Crippen LogP contribution in [0, 0.1) is 6.92 Å². The number of hydrogen-bond acceptors (Lipinski definition) is 5. The first-order valence-electron chi connectivity index (χ1n) is 7.13. The van der Waals surface area contributed by atoms with E-state index in [0.717, 1.165) is 11.3 Å². The van der Waals surface area contributed by atoms with Crippen LogP contribution in [0.3, 0.4) is 0 Å². The van der Waals surface area contributed by atoms with Gasteiger partial charge in [0, 0.05) is 12.1 Å². The molecule has 1 N–H and O–H groups in total. The van der Waals surface area contributed by atoms with Gasteiger partial charge < -0.3 is 13.9 Å². The maximum absolute atomic E-state index is 12.0. The van der Waals surface area contributed by atoms with Gasteiger partial charge in [-0.2, -0.15) is 5.10 Å². The number of rotatable bonds is 6. The van der Waals surface area contributed by atoms with Crippen LogP contribution in [-0.2, 0) is 6.42 Å². The van der Waals surface area contributed by atoms with Crippen LogP contribution in [0.1, 0.15) is 28.6 Å². The third-order valence-electron chi connectivity index (χ3n) is 3.36. The maximum Gasteiger partial charge on any atom is 0.274 e. The lowest BCUT2D eigenvalue weighted by Gasteiger charge is -2.09. The van der Waals surface area contributed by atoms with E-state index in [1.54, 1.807) is 27.2 Å². The second-order valence-corrected chi connectivity index (χ2v) is 5.04. The quantitative estimate of drug-likeness (QED) is 0.657. The van der Waals surface area contributed by atoms with Crippen LogP contribution in [0.5, 0.6) is 11.5 Å². The number of nitrogens with zero attached hydrogens (tertiary/aromatic N) is 1. The van der Waals surface area contributed by atoms with Crippen LogP contribution in [0.2, 0.25) is 0 Å². The van der Waals surface area contributed by atoms with Crippen molar-refractivity contribution in [1.29, 1.82) is 0 Å². The minimum Gasteiger partial charge on any atom is -0.493 e. The molecule has 2 aromatic rings. The van der Waals surface area contributed by atoms with Crippen molar-refractivity contribution in [2.24, 2.45) is 5.10 Å². The summed E-state index contributed by atoms with van der Waals surface area (Å²) in [6, 6.07) is 7.28. The number of hydrogen-bond donors (Lipinski definition) is 1. The molecule has 0 unspecified atom stereocenters. The third kappa shape index (κ3) is 4.12. The molecule has 0 fully saturated rings. The fourth-order valence-electron chi connectivity index (χ4n) is 2.15. The van der Waals surface area contributed by atoms with Crippen LogP contribution < -0.4 is 14.9 Å². The number of ether oxygens (including phenoxy) is 2. The van der Waals surface area contributed by atoms with Crippen molar-refractivity contribution < 1.29 is 18.7 Å². The van der Waals surface area contributed by atoms with Crippen LogP contribution in [-0.4, -0.2) is 25.8 Å². The van der Waals surface area contributed by atoms with E-state index >= 15 is 0 Å². The Kier molecular flexibility index (Phi) is 5.41. The molecule has 0 aliphatic rings. The number of carbonyl (C=O) groups excluding carboxylic acids is 1. The Morgan fingerprint density at radius 3 is 2.57 bits per heavy atom. The molecule has 6 nitrogen and oxygen atoms in total. The Labute approximate surface area is 135 Å². The number of amides is 1. The van der Waals surface area contributed by atoms with Crippen molar-refractivity contribution in [3.63, 3.8) is 0 Å². The van der Waals surface area contributed by atoms with E-state index in [2.05, 4.69) is 10.5 Å². The Morgan fingerprint density at radius 1 is 1.22 bits per heavy atom. The first kappa shape index (κ1) is 16.6. The smallest absolute Gasteiger partial charge is 0.274 e. The summed E-state index contributed by atoms with van der Waals surface area (Å²) in [4.78, 5) is 12.0. The summed E-state index contributed by atoms with van der Waals surface area (Å²) >= 11 is 0. The minimum atomic E-state index is -0.289. The first-order chi connectivity index (χ1) is 11.0. The Morgan fingerprint density at radius 2 is 1.96 bits per heavy atom. The maximum atomic E-state index is 12.0. The van der Waals surface area contributed by atoms with Gasteiger partial charge in [-0.3, -0.25) is 4.79 Å². The summed E-state index contributed by atoms with van der Waals surface area (Å²) in [7, 11) is 3.19. The summed E-state index contributed by atoms with van der Waals surface area (Å²) in [5, 5.41) is 4.12. The highest BCUT2D eigenvalue weighted by atomic mass is 16.5. The van der Waals surface area contributed by atoms with Crippen molar-refractivity contribution in [2.45, 2.75) is 20.3 Å². The molecule has 0 aliphatic carbocycles. The largest absolute Gasteiger partial charge is 0.493 e. The van der Waals surface area contributed by atoms with E-state index in [0.29, 0.717) is 29.2 Å². The molecule has 1 aromatic carbocycles. The standard InChI is InChI=1S/C17H20N2O4/c1-11(18-19-17(20)14-7-8-23-12(14)2)9-13-5-6-15(21-3)16(10-13)22-4/h5-8,10H,9H2,1-4H3,(H,19,20)/b18-11-. The fraction of sp³-hybridized carbons (Fsp3) is 0.294. The molecule has 0 saturated heterocycles. The van der Waals surface area contributed by atoms with Crippen molar-refractivity contribution in [2.75, 3.05) is 14.2 Å². The summed E-state index contributed by atoms with van der Waals surface area (Å²) in [6.07, 6.45) is 2.06. The number of nitrogens with one attached hydrogen (secondary N) is 1. The number of benzene rings is 1. The lowest BCUT2D eigenvalue weighted by atomic mass is 10.1. The van der Waals surface area contributed by atoms with Crippen LogP contribution in [0.4, 0.5) is 0 Å². The normalized spacial score (nSPS) is 11.2. The molecule has 0 spiro atoms. The second-order valence-electron chi connectivity index (χ2n) is 5.04. The van der Waals surface area contributed by atoms with E-state index in [1.165, 1.54) is 6.26 Å². The summed E-state index contributed by atoms with van der Waals surface area (Å²) < 4.78 is 15.6. The van der Waals surface area contributed by atoms with Gasteiger partial charge in [-0.15, -0.1) is 0 Å². The van der Waals surface area contributed by atoms with E-state index in [1.807, 2.05) is 25.1 Å². The van der Waals surface area contributed by atoms with Gasteiger partial charge in [-0.1, -0.05) is 6.07 Å². The second kappa shape index (κ2) is 7.49. The predicted octanol–water partition coefficient (Wildman–Crippen LogP) is 2.95. The summed E-state index contributed by atoms with van der Waals surface area (Å²) in [5.41, 5.74) is 4.79. The Balaban J connectivity index is 2.02. The molecule has 2 rings (SSSR count). The third-order valence-corrected chi connectivity index (χ3v) is 3.36. The average molecular weight is 316 g/mol. The zero-order valence-electron chi connectivity index (χ0n) is 13.7. The predicted molar refractivity (Wildman–Crippen MR) is 87.3 cm³/mol. The monoisotopic (exact) mass is 316 g/mol. The first-order valence-corrected chi connectivity index (χ1v) is 7.13. The van der Waals surface area contributed by atoms with Crippen LogP contribution in [0.25, 0.3) is 0 Å². The Bertz CT molecular complexity index is 719. The molecule has 6 heteroatoms. The summed E-state index contributed by atoms with van der Waals surface area (Å²) in [6.45, 7) is 3.58. The molecule has 122 valence electrons. The molecule has 23 heavy (non-hydrogen) atoms. The van der Waals surface area contributed by atoms with Crippen LogP contribution in [0.15, 0.2) is 40.0 Å². The highest BCUT2D eigenvalue weighted by Crippen LogP contribution is 2.27. The molecular formula is C17H20N2O4. The molecule has 1 aromatic heterocycles. The lowest BCUT2D eigenvalue weighted by Crippen LogP contribution is -2.19. The number of carbonyl (C=O) groups is 1. The average Bonchev–Trinajstić information content (AvgIpc) is 2.98. The van der Waals surface area contributed by atoms with Crippen molar-refractivity contribution >= 4 is 11.6 Å². The zero-order chi connectivity index (χ0) is 16.8. The van der Waals surface area contributed by atoms with Crippen molar-refractivity contribution in [3.8, 4) is 11.5 Å². The zero-order valence-corrected chi connectivity index (χ0v) is 13.7. The van der Waals surface area contributed by atoms with E-state index in [9.17, 15) is 4.79 Å². The van der Waals surface area contributed by atoms with Gasteiger partial charge >= 0.3 is 0 Å². The molecule has 1 amide bonds. The summed E-state index contributed by atoms with van der Waals surface area (Å²) in [5.74, 6) is 1.61. The van der Waals surface area contributed by atoms with Gasteiger partial charge in [0.05, 0.1) is 26.0 Å². The SMILES string of the molecule is COc1ccc(C/C(C)=N\NC(=O)c2ccoc2C)cc1OC. The molecule has 0 atom stereocenters. The fourth-order valence-corrected chi connectivity index (χ4v) is 2.15. The van der Waals surface area contributed by atoms with Gasteiger partial charge in [0.2, 0.25) is 0 Å². The van der Waals surface area contributed by atoms with Crippen molar-refractivity contribution in [1.82, 2.24) is 5.43 Å². The van der Waals surface area contributed by atoms with Gasteiger partial charge in [0.15, 0.2) is 11.5 Å². The molecular weight excluding hydrogens is 296 g/mol. The molecule has 0 aliphatic heterocycles. The number of methoxy groups -OCH3 is 2. The topological polar surface area (TPSA) is 73.1 Å². The van der Waals surface area contributed by atoms with E-state index < -0.39 is 0 Å². The van der Waals surface area contributed by atoms with E-state index in [-0.39, 0.29) is 5.91 Å². The molecule has 0 saturated carbocycles.